The fraction of sp³-hybridized carbons (Fsp3) is 0.579. The van der Waals surface area contributed by atoms with E-state index < -0.39 is 6.10 Å². The number of hydrogen-bond acceptors (Lipinski definition) is 7. The number of amides is 2. The van der Waals surface area contributed by atoms with Crippen molar-refractivity contribution in [3.63, 3.8) is 0 Å². The Morgan fingerprint density at radius 3 is 2.61 bits per heavy atom. The van der Waals surface area contributed by atoms with Gasteiger partial charge in [-0.15, -0.1) is 0 Å². The molecule has 0 bridgehead atoms. The summed E-state index contributed by atoms with van der Waals surface area (Å²) < 4.78 is 22.0. The topological polar surface area (TPSA) is 89.6 Å². The van der Waals surface area contributed by atoms with E-state index >= 15 is 0 Å². The number of morpholine rings is 2. The number of ether oxygens (including phenoxy) is 4. The Morgan fingerprint density at radius 1 is 1.00 bits per heavy atom. The molecule has 0 saturated carbocycles. The lowest BCUT2D eigenvalue weighted by atomic mass is 10.2. The largest absolute Gasteiger partial charge is 0.486 e. The summed E-state index contributed by atoms with van der Waals surface area (Å²) >= 11 is 0. The molecule has 0 aromatic heterocycles. The summed E-state index contributed by atoms with van der Waals surface area (Å²) in [5.74, 6) is 1.14. The van der Waals surface area contributed by atoms with Crippen molar-refractivity contribution in [3.8, 4) is 11.5 Å². The summed E-state index contributed by atoms with van der Waals surface area (Å²) in [7, 11) is 0. The molecule has 0 spiro atoms. The van der Waals surface area contributed by atoms with Crippen molar-refractivity contribution in [3.05, 3.63) is 18.2 Å². The predicted octanol–water partition coefficient (Wildman–Crippen LogP) is -0.0441. The fourth-order valence-corrected chi connectivity index (χ4v) is 3.51. The first-order chi connectivity index (χ1) is 13.7. The van der Waals surface area contributed by atoms with Crippen LogP contribution in [0.5, 0.6) is 11.5 Å². The quantitative estimate of drug-likeness (QED) is 0.770. The maximum absolute atomic E-state index is 12.6. The van der Waals surface area contributed by atoms with Gasteiger partial charge in [-0.2, -0.15) is 0 Å². The molecule has 2 saturated heterocycles. The zero-order valence-corrected chi connectivity index (χ0v) is 15.7. The Kier molecular flexibility index (Phi) is 5.94. The van der Waals surface area contributed by atoms with Gasteiger partial charge in [0.05, 0.1) is 26.4 Å². The summed E-state index contributed by atoms with van der Waals surface area (Å²) in [5, 5.41) is 2.88. The van der Waals surface area contributed by atoms with Crippen molar-refractivity contribution in [2.75, 3.05) is 71.1 Å². The molecule has 1 unspecified atom stereocenters. The number of rotatable bonds is 4. The first-order valence-electron chi connectivity index (χ1n) is 9.59. The second-order valence-corrected chi connectivity index (χ2v) is 6.94. The molecule has 152 valence electrons. The zero-order chi connectivity index (χ0) is 19.3. The van der Waals surface area contributed by atoms with Crippen LogP contribution in [0.2, 0.25) is 0 Å². The van der Waals surface area contributed by atoms with Crippen molar-refractivity contribution in [1.29, 1.82) is 0 Å². The normalized spacial score (nSPS) is 22.6. The molecular formula is C19H25N3O6. The van der Waals surface area contributed by atoms with Crippen LogP contribution in [0.25, 0.3) is 0 Å². The predicted molar refractivity (Wildman–Crippen MR) is 99.6 cm³/mol. The van der Waals surface area contributed by atoms with Gasteiger partial charge >= 0.3 is 0 Å². The van der Waals surface area contributed by atoms with E-state index in [4.69, 9.17) is 18.9 Å². The highest BCUT2D eigenvalue weighted by Crippen LogP contribution is 2.32. The monoisotopic (exact) mass is 391 g/mol. The number of nitrogens with zero attached hydrogens (tertiary/aromatic N) is 2. The first-order valence-corrected chi connectivity index (χ1v) is 9.59. The summed E-state index contributed by atoms with van der Waals surface area (Å²) in [6.45, 7) is 4.96. The summed E-state index contributed by atoms with van der Waals surface area (Å²) in [4.78, 5) is 28.8. The van der Waals surface area contributed by atoms with Gasteiger partial charge in [0.25, 0.3) is 5.91 Å². The number of hydrogen-bond donors (Lipinski definition) is 1. The van der Waals surface area contributed by atoms with Crippen molar-refractivity contribution in [2.24, 2.45) is 0 Å². The molecule has 1 N–H and O–H groups in total. The Balaban J connectivity index is 1.29. The van der Waals surface area contributed by atoms with Crippen molar-refractivity contribution < 1.29 is 28.5 Å². The third kappa shape index (κ3) is 4.54. The molecule has 3 aliphatic rings. The standard InChI is InChI=1S/C19H25N3O6/c23-18(20-14-1-2-15-16(11-14)28-10-9-27-15)13-21-3-8-26-17(12-21)19(24)22-4-6-25-7-5-22/h1-2,11,17H,3-10,12-13H2,(H,20,23). The van der Waals surface area contributed by atoms with Crippen LogP contribution in [-0.2, 0) is 19.1 Å². The lowest BCUT2D eigenvalue weighted by molar-refractivity contribution is -0.154. The van der Waals surface area contributed by atoms with E-state index in [0.29, 0.717) is 76.4 Å². The van der Waals surface area contributed by atoms with Gasteiger partial charge in [0.1, 0.15) is 19.3 Å². The third-order valence-corrected chi connectivity index (χ3v) is 4.94. The Bertz CT molecular complexity index is 722. The van der Waals surface area contributed by atoms with Crippen LogP contribution in [0, 0.1) is 0 Å². The lowest BCUT2D eigenvalue weighted by Crippen LogP contribution is -2.54. The van der Waals surface area contributed by atoms with Crippen LogP contribution in [-0.4, -0.2) is 93.5 Å². The van der Waals surface area contributed by atoms with Crippen molar-refractivity contribution >= 4 is 17.5 Å². The van der Waals surface area contributed by atoms with Gasteiger partial charge in [-0.05, 0) is 12.1 Å². The number of anilines is 1. The lowest BCUT2D eigenvalue weighted by Gasteiger charge is -2.35. The molecule has 1 aromatic rings. The fourth-order valence-electron chi connectivity index (χ4n) is 3.51. The van der Waals surface area contributed by atoms with E-state index in [9.17, 15) is 9.59 Å². The van der Waals surface area contributed by atoms with E-state index in [1.54, 1.807) is 23.1 Å². The molecule has 4 rings (SSSR count). The molecular weight excluding hydrogens is 366 g/mol. The van der Waals surface area contributed by atoms with E-state index in [-0.39, 0.29) is 18.4 Å². The van der Waals surface area contributed by atoms with Crippen LogP contribution in [0.4, 0.5) is 5.69 Å². The Hall–Kier alpha value is -2.36. The van der Waals surface area contributed by atoms with Gasteiger partial charge < -0.3 is 29.2 Å². The van der Waals surface area contributed by atoms with Gasteiger partial charge in [-0.25, -0.2) is 0 Å². The van der Waals surface area contributed by atoms with Crippen LogP contribution in [0.3, 0.4) is 0 Å². The SMILES string of the molecule is O=C(CN1CCOC(C(=O)N2CCOCC2)C1)Nc1ccc2c(c1)OCCO2. The minimum absolute atomic E-state index is 0.0276. The first kappa shape index (κ1) is 19.0. The molecule has 3 aliphatic heterocycles. The maximum atomic E-state index is 12.6. The second kappa shape index (κ2) is 8.76. The highest BCUT2D eigenvalue weighted by atomic mass is 16.6. The summed E-state index contributed by atoms with van der Waals surface area (Å²) in [5.41, 5.74) is 0.656. The van der Waals surface area contributed by atoms with Gasteiger partial charge in [0.2, 0.25) is 5.91 Å². The van der Waals surface area contributed by atoms with E-state index in [0.717, 1.165) is 0 Å². The van der Waals surface area contributed by atoms with Crippen LogP contribution >= 0.6 is 0 Å². The van der Waals surface area contributed by atoms with E-state index in [2.05, 4.69) is 5.32 Å². The van der Waals surface area contributed by atoms with E-state index in [1.807, 2.05) is 4.90 Å². The molecule has 2 amide bonds. The highest BCUT2D eigenvalue weighted by Gasteiger charge is 2.31. The average molecular weight is 391 g/mol. The van der Waals surface area contributed by atoms with Gasteiger partial charge in [0.15, 0.2) is 11.5 Å². The minimum Gasteiger partial charge on any atom is -0.486 e. The molecule has 9 nitrogen and oxygen atoms in total. The Labute approximate surface area is 163 Å². The molecule has 28 heavy (non-hydrogen) atoms. The molecule has 1 aromatic carbocycles. The number of carbonyl (C=O) groups is 2. The molecule has 1 atom stereocenters. The minimum atomic E-state index is -0.533. The second-order valence-electron chi connectivity index (χ2n) is 6.94. The van der Waals surface area contributed by atoms with Crippen molar-refractivity contribution in [2.45, 2.75) is 6.10 Å². The van der Waals surface area contributed by atoms with Gasteiger partial charge in [-0.3, -0.25) is 14.5 Å². The highest BCUT2D eigenvalue weighted by molar-refractivity contribution is 5.92. The number of benzene rings is 1. The van der Waals surface area contributed by atoms with Crippen LogP contribution < -0.4 is 14.8 Å². The third-order valence-electron chi connectivity index (χ3n) is 4.94. The molecule has 2 fully saturated rings. The number of carbonyl (C=O) groups excluding carboxylic acids is 2. The molecule has 9 heteroatoms. The van der Waals surface area contributed by atoms with Crippen molar-refractivity contribution in [1.82, 2.24) is 9.80 Å². The number of fused-ring (bicyclic) bond motifs is 1. The number of nitrogens with one attached hydrogen (secondary N) is 1. The van der Waals surface area contributed by atoms with E-state index in [1.165, 1.54) is 0 Å². The molecule has 0 aliphatic carbocycles. The maximum Gasteiger partial charge on any atom is 0.253 e. The van der Waals surface area contributed by atoms with Crippen LogP contribution in [0.15, 0.2) is 18.2 Å². The van der Waals surface area contributed by atoms with Gasteiger partial charge in [0, 0.05) is 37.9 Å². The smallest absolute Gasteiger partial charge is 0.253 e. The Morgan fingerprint density at radius 2 is 1.79 bits per heavy atom. The summed E-state index contributed by atoms with van der Waals surface area (Å²) in [6.07, 6.45) is -0.533. The van der Waals surface area contributed by atoms with Gasteiger partial charge in [-0.1, -0.05) is 0 Å². The summed E-state index contributed by atoms with van der Waals surface area (Å²) in [6, 6.07) is 5.34. The average Bonchev–Trinajstić information content (AvgIpc) is 2.74. The molecule has 3 heterocycles. The zero-order valence-electron chi connectivity index (χ0n) is 15.7. The van der Waals surface area contributed by atoms with Crippen LogP contribution in [0.1, 0.15) is 0 Å². The molecule has 0 radical (unpaired) electrons.